The quantitative estimate of drug-likeness (QED) is 0.888. The van der Waals surface area contributed by atoms with E-state index in [4.69, 9.17) is 0 Å². The maximum atomic E-state index is 13.6. The molecule has 1 heterocycles. The van der Waals surface area contributed by atoms with Crippen LogP contribution in [0.5, 0.6) is 0 Å². The van der Waals surface area contributed by atoms with Gasteiger partial charge in [0.1, 0.15) is 11.6 Å². The molecule has 1 aliphatic carbocycles. The Bertz CT molecular complexity index is 559. The molecule has 1 unspecified atom stereocenters. The van der Waals surface area contributed by atoms with Gasteiger partial charge in [-0.25, -0.2) is 8.78 Å². The molecule has 1 nitrogen and oxygen atoms in total. The molecule has 0 aliphatic heterocycles. The van der Waals surface area contributed by atoms with Gasteiger partial charge in [-0.15, -0.1) is 11.3 Å². The summed E-state index contributed by atoms with van der Waals surface area (Å²) in [5.74, 6) is -0.956. The van der Waals surface area contributed by atoms with Crippen molar-refractivity contribution in [3.05, 3.63) is 57.3 Å². The molecule has 0 bridgehead atoms. The number of thiophene rings is 1. The molecule has 1 N–H and O–H groups in total. The summed E-state index contributed by atoms with van der Waals surface area (Å²) in [7, 11) is 0. The summed E-state index contributed by atoms with van der Waals surface area (Å²) in [5.41, 5.74) is 1.43. The van der Waals surface area contributed by atoms with Crippen molar-refractivity contribution in [2.45, 2.75) is 31.8 Å². The van der Waals surface area contributed by atoms with Gasteiger partial charge in [0.15, 0.2) is 0 Å². The summed E-state index contributed by atoms with van der Waals surface area (Å²) in [6.07, 6.45) is 3.28. The van der Waals surface area contributed by atoms with Crippen molar-refractivity contribution in [2.75, 3.05) is 0 Å². The number of benzene rings is 1. The minimum absolute atomic E-state index is 0.129. The van der Waals surface area contributed by atoms with Crippen LogP contribution in [0, 0.1) is 11.6 Å². The molecule has 4 heteroatoms. The van der Waals surface area contributed by atoms with Crippen molar-refractivity contribution in [1.82, 2.24) is 5.32 Å². The summed E-state index contributed by atoms with van der Waals surface area (Å²) in [4.78, 5) is 1.40. The number of nitrogens with one attached hydrogen (secondary N) is 1. The highest BCUT2D eigenvalue weighted by molar-refractivity contribution is 7.10. The van der Waals surface area contributed by atoms with Crippen LogP contribution in [0.3, 0.4) is 0 Å². The van der Waals surface area contributed by atoms with E-state index in [2.05, 4.69) is 16.8 Å². The molecule has 0 saturated carbocycles. The van der Waals surface area contributed by atoms with Crippen molar-refractivity contribution in [3.63, 3.8) is 0 Å². The van der Waals surface area contributed by atoms with Gasteiger partial charge in [-0.3, -0.25) is 0 Å². The second-order valence-corrected chi connectivity index (χ2v) is 5.83. The van der Waals surface area contributed by atoms with Gasteiger partial charge >= 0.3 is 0 Å². The third-order valence-corrected chi connectivity index (χ3v) is 4.64. The monoisotopic (exact) mass is 279 g/mol. The van der Waals surface area contributed by atoms with Gasteiger partial charge in [-0.05, 0) is 48.4 Å². The third-order valence-electron chi connectivity index (χ3n) is 3.64. The molecule has 19 heavy (non-hydrogen) atoms. The molecule has 2 aromatic rings. The average Bonchev–Trinajstić information content (AvgIpc) is 2.87. The highest BCUT2D eigenvalue weighted by atomic mass is 32.1. The number of hydrogen-bond acceptors (Lipinski definition) is 2. The van der Waals surface area contributed by atoms with E-state index in [1.165, 1.54) is 28.6 Å². The first-order valence-electron chi connectivity index (χ1n) is 6.48. The van der Waals surface area contributed by atoms with Crippen molar-refractivity contribution in [2.24, 2.45) is 0 Å². The highest BCUT2D eigenvalue weighted by Crippen LogP contribution is 2.33. The molecule has 100 valence electrons. The summed E-state index contributed by atoms with van der Waals surface area (Å²) in [6, 6.07) is 6.34. The molecule has 1 atom stereocenters. The molecule has 0 fully saturated rings. The van der Waals surface area contributed by atoms with Gasteiger partial charge in [0.05, 0.1) is 0 Å². The zero-order valence-electron chi connectivity index (χ0n) is 10.5. The van der Waals surface area contributed by atoms with Gasteiger partial charge in [-0.2, -0.15) is 0 Å². The molecule has 0 amide bonds. The van der Waals surface area contributed by atoms with E-state index in [-0.39, 0.29) is 18.2 Å². The minimum atomic E-state index is -0.478. The first-order valence-corrected chi connectivity index (χ1v) is 7.36. The van der Waals surface area contributed by atoms with Crippen LogP contribution < -0.4 is 5.32 Å². The van der Waals surface area contributed by atoms with E-state index in [0.717, 1.165) is 19.3 Å². The molecule has 0 saturated heterocycles. The van der Waals surface area contributed by atoms with E-state index < -0.39 is 11.6 Å². The predicted octanol–water partition coefficient (Wildman–Crippen LogP) is 4.19. The maximum Gasteiger partial charge on any atom is 0.130 e. The fourth-order valence-corrected chi connectivity index (χ4v) is 3.61. The number of aryl methyl sites for hydroxylation is 1. The smallest absolute Gasteiger partial charge is 0.130 e. The van der Waals surface area contributed by atoms with Crippen molar-refractivity contribution >= 4 is 11.3 Å². The van der Waals surface area contributed by atoms with E-state index in [1.54, 1.807) is 11.3 Å². The lowest BCUT2D eigenvalue weighted by atomic mass is 9.94. The van der Waals surface area contributed by atoms with Crippen molar-refractivity contribution in [3.8, 4) is 0 Å². The predicted molar refractivity (Wildman–Crippen MR) is 73.2 cm³/mol. The zero-order valence-corrected chi connectivity index (χ0v) is 11.3. The van der Waals surface area contributed by atoms with Crippen molar-refractivity contribution in [1.29, 1.82) is 0 Å². The SMILES string of the molecule is Fc1cccc(F)c1CNC1CCCc2sccc21. The Balaban J connectivity index is 1.74. The standard InChI is InChI=1S/C15H15F2NS/c16-12-3-1-4-13(17)11(12)9-18-14-5-2-6-15-10(14)7-8-19-15/h1,3-4,7-8,14,18H,2,5-6,9H2. The fraction of sp³-hybridized carbons (Fsp3) is 0.333. The second-order valence-electron chi connectivity index (χ2n) is 4.83. The molecule has 0 radical (unpaired) electrons. The largest absolute Gasteiger partial charge is 0.306 e. The van der Waals surface area contributed by atoms with Gasteiger partial charge in [0.2, 0.25) is 0 Å². The molecule has 1 aromatic heterocycles. The van der Waals surface area contributed by atoms with Crippen LogP contribution in [-0.4, -0.2) is 0 Å². The Morgan fingerprint density at radius 3 is 2.79 bits per heavy atom. The Morgan fingerprint density at radius 2 is 2.00 bits per heavy atom. The normalized spacial score (nSPS) is 18.3. The Labute approximate surface area is 115 Å². The van der Waals surface area contributed by atoms with E-state index in [9.17, 15) is 8.78 Å². The molecular weight excluding hydrogens is 264 g/mol. The maximum absolute atomic E-state index is 13.6. The van der Waals surface area contributed by atoms with Crippen LogP contribution in [0.2, 0.25) is 0 Å². The van der Waals surface area contributed by atoms with Gasteiger partial charge in [0, 0.05) is 23.0 Å². The zero-order chi connectivity index (χ0) is 13.2. The van der Waals surface area contributed by atoms with Crippen LogP contribution in [0.25, 0.3) is 0 Å². The molecular formula is C15H15F2NS. The molecule has 1 aliphatic rings. The summed E-state index contributed by atoms with van der Waals surface area (Å²) < 4.78 is 27.1. The third kappa shape index (κ3) is 2.55. The number of halogens is 2. The van der Waals surface area contributed by atoms with Gasteiger partial charge in [0.25, 0.3) is 0 Å². The Hall–Kier alpha value is -1.26. The lowest BCUT2D eigenvalue weighted by Crippen LogP contribution is -2.24. The average molecular weight is 279 g/mol. The lowest BCUT2D eigenvalue weighted by Gasteiger charge is -2.24. The number of hydrogen-bond donors (Lipinski definition) is 1. The highest BCUT2D eigenvalue weighted by Gasteiger charge is 2.21. The molecule has 1 aromatic carbocycles. The minimum Gasteiger partial charge on any atom is -0.306 e. The van der Waals surface area contributed by atoms with E-state index in [1.807, 2.05) is 0 Å². The van der Waals surface area contributed by atoms with Gasteiger partial charge < -0.3 is 5.32 Å². The summed E-state index contributed by atoms with van der Waals surface area (Å²) >= 11 is 1.77. The Morgan fingerprint density at radius 1 is 1.21 bits per heavy atom. The van der Waals surface area contributed by atoms with Crippen LogP contribution in [0.1, 0.15) is 34.9 Å². The molecule has 3 rings (SSSR count). The van der Waals surface area contributed by atoms with Crippen LogP contribution >= 0.6 is 11.3 Å². The fourth-order valence-electron chi connectivity index (χ4n) is 2.62. The first kappa shape index (κ1) is 12.8. The number of rotatable bonds is 3. The summed E-state index contributed by atoms with van der Waals surface area (Å²) in [5, 5.41) is 5.38. The first-order chi connectivity index (χ1) is 9.25. The van der Waals surface area contributed by atoms with Crippen LogP contribution in [-0.2, 0) is 13.0 Å². The number of fused-ring (bicyclic) bond motifs is 1. The van der Waals surface area contributed by atoms with Crippen LogP contribution in [0.15, 0.2) is 29.6 Å². The Kier molecular flexibility index (Phi) is 3.62. The van der Waals surface area contributed by atoms with E-state index >= 15 is 0 Å². The summed E-state index contributed by atoms with van der Waals surface area (Å²) in [6.45, 7) is 0.235. The van der Waals surface area contributed by atoms with Crippen LogP contribution in [0.4, 0.5) is 8.78 Å². The van der Waals surface area contributed by atoms with E-state index in [0.29, 0.717) is 0 Å². The lowest BCUT2D eigenvalue weighted by molar-refractivity contribution is 0.446. The van der Waals surface area contributed by atoms with Gasteiger partial charge in [-0.1, -0.05) is 6.07 Å². The van der Waals surface area contributed by atoms with Crippen molar-refractivity contribution < 1.29 is 8.78 Å². The topological polar surface area (TPSA) is 12.0 Å². The second kappa shape index (κ2) is 5.39. The molecule has 0 spiro atoms.